The largest absolute Gasteiger partial charge is 0.326 e. The van der Waals surface area contributed by atoms with E-state index < -0.39 is 0 Å². The Labute approximate surface area is 165 Å². The first kappa shape index (κ1) is 18.5. The van der Waals surface area contributed by atoms with Crippen LogP contribution in [0.25, 0.3) is 0 Å². The van der Waals surface area contributed by atoms with Crippen molar-refractivity contribution in [2.24, 2.45) is 5.92 Å². The van der Waals surface area contributed by atoms with Crippen molar-refractivity contribution in [1.29, 1.82) is 0 Å². The second-order valence-corrected chi connectivity index (χ2v) is 7.66. The van der Waals surface area contributed by atoms with E-state index in [-0.39, 0.29) is 17.9 Å². The number of urea groups is 1. The van der Waals surface area contributed by atoms with E-state index in [1.165, 1.54) is 0 Å². The monoisotopic (exact) mass is 381 g/mol. The molecule has 2 fully saturated rings. The number of carbonyl (C=O) groups excluding carboxylic acids is 2. The van der Waals surface area contributed by atoms with Gasteiger partial charge in [0, 0.05) is 44.3 Å². The quantitative estimate of drug-likeness (QED) is 0.885. The van der Waals surface area contributed by atoms with Crippen molar-refractivity contribution in [2.75, 3.05) is 31.5 Å². The first-order valence-corrected chi connectivity index (χ1v) is 10.1. The van der Waals surface area contributed by atoms with Crippen LogP contribution in [0.15, 0.2) is 42.7 Å². The average Bonchev–Trinajstić information content (AvgIpc) is 3.42. The van der Waals surface area contributed by atoms with Gasteiger partial charge in [0.05, 0.1) is 12.5 Å². The molecule has 0 spiro atoms. The predicted molar refractivity (Wildman–Crippen MR) is 107 cm³/mol. The van der Waals surface area contributed by atoms with Crippen LogP contribution < -0.4 is 5.32 Å². The lowest BCUT2D eigenvalue weighted by Gasteiger charge is -2.34. The highest BCUT2D eigenvalue weighted by molar-refractivity contribution is 5.93. The maximum Gasteiger partial charge on any atom is 0.320 e. The summed E-state index contributed by atoms with van der Waals surface area (Å²) >= 11 is 0. The van der Waals surface area contributed by atoms with Gasteiger partial charge in [0.25, 0.3) is 0 Å². The van der Waals surface area contributed by atoms with Crippen LogP contribution in [-0.2, 0) is 11.3 Å². The van der Waals surface area contributed by atoms with Crippen LogP contribution >= 0.6 is 0 Å². The number of hydrogen-bond acceptors (Lipinski definition) is 3. The lowest BCUT2D eigenvalue weighted by Crippen LogP contribution is -2.48. The summed E-state index contributed by atoms with van der Waals surface area (Å²) in [6.07, 6.45) is 7.53. The van der Waals surface area contributed by atoms with Crippen molar-refractivity contribution < 1.29 is 9.59 Å². The van der Waals surface area contributed by atoms with E-state index in [1.54, 1.807) is 6.20 Å². The molecule has 1 unspecified atom stereocenters. The Morgan fingerprint density at radius 2 is 1.89 bits per heavy atom. The van der Waals surface area contributed by atoms with Crippen LogP contribution in [0.2, 0.25) is 0 Å². The molecule has 0 saturated carbocycles. The number of rotatable bonds is 4. The molecule has 2 saturated heterocycles. The normalized spacial score (nSPS) is 19.6. The van der Waals surface area contributed by atoms with E-state index >= 15 is 0 Å². The molecule has 3 amide bonds. The molecule has 1 aromatic carbocycles. The number of hydrogen-bond donors (Lipinski definition) is 1. The minimum absolute atomic E-state index is 0.00448. The molecule has 0 bridgehead atoms. The lowest BCUT2D eigenvalue weighted by molar-refractivity contribution is -0.121. The molecular weight excluding hydrogens is 354 g/mol. The van der Waals surface area contributed by atoms with Gasteiger partial charge in [-0.1, -0.05) is 12.1 Å². The molecule has 1 N–H and O–H groups in total. The van der Waals surface area contributed by atoms with Gasteiger partial charge in [0.1, 0.15) is 0 Å². The molecule has 28 heavy (non-hydrogen) atoms. The highest BCUT2D eigenvalue weighted by Crippen LogP contribution is 2.22. The third-order valence-corrected chi connectivity index (χ3v) is 5.54. The van der Waals surface area contributed by atoms with Crippen LogP contribution in [-0.4, -0.2) is 57.7 Å². The Kier molecular flexibility index (Phi) is 5.60. The fourth-order valence-electron chi connectivity index (χ4n) is 4.05. The van der Waals surface area contributed by atoms with Gasteiger partial charge in [0.2, 0.25) is 5.91 Å². The number of piperidine rings is 1. The zero-order valence-corrected chi connectivity index (χ0v) is 16.1. The van der Waals surface area contributed by atoms with Gasteiger partial charge in [-0.3, -0.25) is 9.48 Å². The summed E-state index contributed by atoms with van der Waals surface area (Å²) in [6, 6.07) is 9.84. The van der Waals surface area contributed by atoms with Crippen LogP contribution in [0.4, 0.5) is 10.5 Å². The Morgan fingerprint density at radius 1 is 1.07 bits per heavy atom. The zero-order valence-electron chi connectivity index (χ0n) is 16.1. The van der Waals surface area contributed by atoms with E-state index in [0.29, 0.717) is 13.1 Å². The molecule has 1 aromatic heterocycles. The van der Waals surface area contributed by atoms with Gasteiger partial charge < -0.3 is 15.1 Å². The van der Waals surface area contributed by atoms with Crippen LogP contribution in [0.5, 0.6) is 0 Å². The van der Waals surface area contributed by atoms with E-state index in [9.17, 15) is 9.59 Å². The topological polar surface area (TPSA) is 70.5 Å². The highest BCUT2D eigenvalue weighted by Gasteiger charge is 2.31. The number of carbonyl (C=O) groups is 2. The first-order chi connectivity index (χ1) is 13.7. The minimum atomic E-state index is -0.157. The summed E-state index contributed by atoms with van der Waals surface area (Å²) in [4.78, 5) is 29.2. The third kappa shape index (κ3) is 4.35. The van der Waals surface area contributed by atoms with E-state index in [2.05, 4.69) is 10.4 Å². The van der Waals surface area contributed by atoms with Crippen LogP contribution in [0, 0.1) is 5.92 Å². The molecule has 0 radical (unpaired) electrons. The Hall–Kier alpha value is -2.83. The fourth-order valence-corrected chi connectivity index (χ4v) is 4.05. The first-order valence-electron chi connectivity index (χ1n) is 10.1. The molecule has 3 heterocycles. The summed E-state index contributed by atoms with van der Waals surface area (Å²) in [6.45, 7) is 3.61. The minimum Gasteiger partial charge on any atom is -0.326 e. The molecule has 7 nitrogen and oxygen atoms in total. The van der Waals surface area contributed by atoms with Gasteiger partial charge in [-0.15, -0.1) is 0 Å². The Bertz CT molecular complexity index is 814. The van der Waals surface area contributed by atoms with Gasteiger partial charge in [0.15, 0.2) is 0 Å². The smallest absolute Gasteiger partial charge is 0.320 e. The Morgan fingerprint density at radius 3 is 2.68 bits per heavy atom. The molecule has 7 heteroatoms. The SMILES string of the molecule is O=C(Nc1cccc(Cn2cccn2)c1)C1CCCN(C(=O)N2CCCC2)C1. The summed E-state index contributed by atoms with van der Waals surface area (Å²) in [7, 11) is 0. The lowest BCUT2D eigenvalue weighted by atomic mass is 9.97. The predicted octanol–water partition coefficient (Wildman–Crippen LogP) is 2.80. The molecule has 0 aliphatic carbocycles. The van der Waals surface area contributed by atoms with Crippen molar-refractivity contribution in [2.45, 2.75) is 32.2 Å². The number of aromatic nitrogens is 2. The number of nitrogens with zero attached hydrogens (tertiary/aromatic N) is 4. The molecule has 2 aromatic rings. The molecule has 1 atom stereocenters. The van der Waals surface area contributed by atoms with Crippen molar-refractivity contribution in [3.63, 3.8) is 0 Å². The Balaban J connectivity index is 1.35. The molecule has 2 aliphatic heterocycles. The summed E-state index contributed by atoms with van der Waals surface area (Å²) in [5, 5.41) is 7.26. The summed E-state index contributed by atoms with van der Waals surface area (Å²) in [5.41, 5.74) is 1.87. The number of benzene rings is 1. The number of likely N-dealkylation sites (tertiary alicyclic amines) is 2. The van der Waals surface area contributed by atoms with Gasteiger partial charge in [-0.05, 0) is 49.4 Å². The molecule has 148 valence electrons. The average molecular weight is 381 g/mol. The van der Waals surface area contributed by atoms with Crippen molar-refractivity contribution in [3.8, 4) is 0 Å². The zero-order chi connectivity index (χ0) is 19.3. The second-order valence-electron chi connectivity index (χ2n) is 7.66. The summed E-state index contributed by atoms with van der Waals surface area (Å²) in [5.74, 6) is -0.162. The molecule has 2 aliphatic rings. The van der Waals surface area contributed by atoms with Crippen LogP contribution in [0.1, 0.15) is 31.2 Å². The summed E-state index contributed by atoms with van der Waals surface area (Å²) < 4.78 is 1.85. The van der Waals surface area contributed by atoms with E-state index in [4.69, 9.17) is 0 Å². The molecular formula is C21H27N5O2. The maximum absolute atomic E-state index is 12.8. The fraction of sp³-hybridized carbons (Fsp3) is 0.476. The highest BCUT2D eigenvalue weighted by atomic mass is 16.2. The van der Waals surface area contributed by atoms with Crippen LogP contribution in [0.3, 0.4) is 0 Å². The third-order valence-electron chi connectivity index (χ3n) is 5.54. The van der Waals surface area contributed by atoms with Gasteiger partial charge in [-0.25, -0.2) is 4.79 Å². The van der Waals surface area contributed by atoms with Crippen molar-refractivity contribution in [3.05, 3.63) is 48.3 Å². The van der Waals surface area contributed by atoms with Crippen molar-refractivity contribution >= 4 is 17.6 Å². The number of nitrogens with one attached hydrogen (secondary N) is 1. The van der Waals surface area contributed by atoms with E-state index in [0.717, 1.165) is 56.6 Å². The van der Waals surface area contributed by atoms with Gasteiger partial charge >= 0.3 is 6.03 Å². The molecule has 4 rings (SSSR count). The maximum atomic E-state index is 12.8. The standard InChI is InChI=1S/C21H27N5O2/c27-20(18-7-4-12-25(16-18)21(28)24-10-1-2-11-24)23-19-8-3-6-17(14-19)15-26-13-5-9-22-26/h3,5-6,8-9,13-14,18H,1-2,4,7,10-12,15-16H2,(H,23,27). The second kappa shape index (κ2) is 8.46. The number of amides is 3. The van der Waals surface area contributed by atoms with Gasteiger partial charge in [-0.2, -0.15) is 5.10 Å². The number of anilines is 1. The van der Waals surface area contributed by atoms with E-state index in [1.807, 2.05) is 51.0 Å². The van der Waals surface area contributed by atoms with Crippen molar-refractivity contribution in [1.82, 2.24) is 19.6 Å².